The molecule has 0 radical (unpaired) electrons. The van der Waals surface area contributed by atoms with E-state index in [-0.39, 0.29) is 22.9 Å². The second-order valence-electron chi connectivity index (χ2n) is 2.75. The zero-order valence-corrected chi connectivity index (χ0v) is 8.61. The van der Waals surface area contributed by atoms with Crippen molar-refractivity contribution in [2.75, 3.05) is 7.11 Å². The van der Waals surface area contributed by atoms with Crippen LogP contribution in [0.4, 0.5) is 8.78 Å². The largest absolute Gasteiger partial charge is 0.496 e. The first-order valence-electron chi connectivity index (χ1n) is 3.98. The van der Waals surface area contributed by atoms with E-state index in [4.69, 9.17) is 16.3 Å². The fourth-order valence-electron chi connectivity index (χ4n) is 1.23. The molecule has 0 aliphatic rings. The van der Waals surface area contributed by atoms with Gasteiger partial charge in [0.1, 0.15) is 5.75 Å². The van der Waals surface area contributed by atoms with Gasteiger partial charge in [-0.15, -0.1) is 11.6 Å². The monoisotopic (exact) mass is 221 g/mol. The van der Waals surface area contributed by atoms with Crippen LogP contribution in [0.1, 0.15) is 23.2 Å². The van der Waals surface area contributed by atoms with Gasteiger partial charge < -0.3 is 4.74 Å². The average Bonchev–Trinajstić information content (AvgIpc) is 2.16. The van der Waals surface area contributed by atoms with Crippen LogP contribution < -0.4 is 4.74 Å². The average molecular weight is 222 g/mol. The molecule has 1 heterocycles. The minimum Gasteiger partial charge on any atom is -0.496 e. The van der Waals surface area contributed by atoms with Crippen molar-refractivity contribution in [3.8, 4) is 5.75 Å². The highest BCUT2D eigenvalue weighted by molar-refractivity contribution is 6.17. The molecule has 1 rings (SSSR count). The zero-order chi connectivity index (χ0) is 10.7. The molecule has 0 fully saturated rings. The number of ether oxygens (including phenoxy) is 1. The van der Waals surface area contributed by atoms with Gasteiger partial charge in [-0.2, -0.15) is 0 Å². The molecule has 0 atom stereocenters. The summed E-state index contributed by atoms with van der Waals surface area (Å²) in [5.41, 5.74) is 0.575. The van der Waals surface area contributed by atoms with Crippen molar-refractivity contribution in [1.82, 2.24) is 4.98 Å². The Morgan fingerprint density at radius 3 is 2.64 bits per heavy atom. The van der Waals surface area contributed by atoms with Crippen molar-refractivity contribution in [3.63, 3.8) is 0 Å². The second kappa shape index (κ2) is 4.55. The topological polar surface area (TPSA) is 22.1 Å². The highest BCUT2D eigenvalue weighted by Gasteiger charge is 2.20. The minimum atomic E-state index is -2.60. The zero-order valence-electron chi connectivity index (χ0n) is 7.85. The molecule has 14 heavy (non-hydrogen) atoms. The Morgan fingerprint density at radius 2 is 2.21 bits per heavy atom. The summed E-state index contributed by atoms with van der Waals surface area (Å²) in [5, 5.41) is 0. The van der Waals surface area contributed by atoms with E-state index >= 15 is 0 Å². The molecular weight excluding hydrogens is 212 g/mol. The van der Waals surface area contributed by atoms with Crippen LogP contribution in [0.5, 0.6) is 5.75 Å². The van der Waals surface area contributed by atoms with E-state index in [1.165, 1.54) is 20.2 Å². The van der Waals surface area contributed by atoms with E-state index < -0.39 is 6.43 Å². The van der Waals surface area contributed by atoms with E-state index in [1.807, 2.05) is 0 Å². The maximum absolute atomic E-state index is 12.6. The molecule has 1 aromatic rings. The summed E-state index contributed by atoms with van der Waals surface area (Å²) in [7, 11) is 1.34. The normalized spacial score (nSPS) is 10.7. The van der Waals surface area contributed by atoms with Gasteiger partial charge in [-0.25, -0.2) is 8.78 Å². The third-order valence-corrected chi connectivity index (χ3v) is 2.19. The van der Waals surface area contributed by atoms with Crippen molar-refractivity contribution in [2.24, 2.45) is 0 Å². The Labute approximate surface area is 85.9 Å². The van der Waals surface area contributed by atoms with Gasteiger partial charge in [0.15, 0.2) is 0 Å². The van der Waals surface area contributed by atoms with Crippen molar-refractivity contribution in [1.29, 1.82) is 0 Å². The van der Waals surface area contributed by atoms with E-state index in [0.717, 1.165) is 0 Å². The van der Waals surface area contributed by atoms with Crippen molar-refractivity contribution in [3.05, 3.63) is 23.0 Å². The van der Waals surface area contributed by atoms with E-state index in [9.17, 15) is 8.78 Å². The van der Waals surface area contributed by atoms with Gasteiger partial charge in [0.05, 0.1) is 18.6 Å². The van der Waals surface area contributed by atoms with E-state index in [2.05, 4.69) is 4.98 Å². The molecule has 0 N–H and O–H groups in total. The lowest BCUT2D eigenvalue weighted by atomic mass is 10.1. The van der Waals surface area contributed by atoms with Crippen LogP contribution in [0.2, 0.25) is 0 Å². The van der Waals surface area contributed by atoms with Crippen LogP contribution >= 0.6 is 11.6 Å². The lowest BCUT2D eigenvalue weighted by Gasteiger charge is -2.13. The summed E-state index contributed by atoms with van der Waals surface area (Å²) in [4.78, 5) is 3.84. The van der Waals surface area contributed by atoms with Crippen molar-refractivity contribution >= 4 is 11.6 Å². The second-order valence-corrected chi connectivity index (χ2v) is 3.02. The third kappa shape index (κ3) is 1.95. The standard InChI is InChI=1S/C9H10ClF2NO/c1-5-7(9(11)12)8(14-2)6(3-10)4-13-5/h4,9H,3H2,1-2H3. The molecule has 0 spiro atoms. The fraction of sp³-hybridized carbons (Fsp3) is 0.444. The summed E-state index contributed by atoms with van der Waals surface area (Å²) in [6.45, 7) is 1.52. The fourth-order valence-corrected chi connectivity index (χ4v) is 1.42. The smallest absolute Gasteiger partial charge is 0.269 e. The molecule has 78 valence electrons. The molecule has 0 saturated heterocycles. The highest BCUT2D eigenvalue weighted by atomic mass is 35.5. The van der Waals surface area contributed by atoms with E-state index in [0.29, 0.717) is 5.56 Å². The highest BCUT2D eigenvalue weighted by Crippen LogP contribution is 2.34. The molecule has 2 nitrogen and oxygen atoms in total. The van der Waals surface area contributed by atoms with Gasteiger partial charge in [0.2, 0.25) is 0 Å². The number of pyridine rings is 1. The molecule has 0 aromatic carbocycles. The van der Waals surface area contributed by atoms with Crippen LogP contribution in [0, 0.1) is 6.92 Å². The van der Waals surface area contributed by atoms with Gasteiger partial charge in [-0.1, -0.05) is 0 Å². The number of halogens is 3. The van der Waals surface area contributed by atoms with Crippen LogP contribution in [-0.4, -0.2) is 12.1 Å². The summed E-state index contributed by atoms with van der Waals surface area (Å²) in [5.74, 6) is 0.249. The van der Waals surface area contributed by atoms with Gasteiger partial charge in [0.25, 0.3) is 6.43 Å². The summed E-state index contributed by atoms with van der Waals surface area (Å²) in [6, 6.07) is 0. The first-order chi connectivity index (χ1) is 6.61. The number of methoxy groups -OCH3 is 1. The molecule has 0 saturated carbocycles. The molecule has 0 unspecified atom stereocenters. The number of hydrogen-bond acceptors (Lipinski definition) is 2. The van der Waals surface area contributed by atoms with Gasteiger partial charge >= 0.3 is 0 Å². The number of nitrogens with zero attached hydrogens (tertiary/aromatic N) is 1. The predicted octanol–water partition coefficient (Wildman–Crippen LogP) is 3.08. The van der Waals surface area contributed by atoms with Gasteiger partial charge in [-0.3, -0.25) is 4.98 Å². The molecular formula is C9H10ClF2NO. The Morgan fingerprint density at radius 1 is 1.57 bits per heavy atom. The lowest BCUT2D eigenvalue weighted by molar-refractivity contribution is 0.145. The Kier molecular flexibility index (Phi) is 3.63. The van der Waals surface area contributed by atoms with Gasteiger partial charge in [0, 0.05) is 17.5 Å². The summed E-state index contributed by atoms with van der Waals surface area (Å²) in [6.07, 6.45) is -1.15. The summed E-state index contributed by atoms with van der Waals surface area (Å²) < 4.78 is 30.2. The number of rotatable bonds is 3. The van der Waals surface area contributed by atoms with Crippen LogP contribution in [0.3, 0.4) is 0 Å². The number of aromatic nitrogens is 1. The molecule has 0 aliphatic carbocycles. The molecule has 0 amide bonds. The first-order valence-corrected chi connectivity index (χ1v) is 4.51. The number of alkyl halides is 3. The molecule has 0 aliphatic heterocycles. The number of aryl methyl sites for hydroxylation is 1. The maximum atomic E-state index is 12.6. The Hall–Kier alpha value is -0.900. The van der Waals surface area contributed by atoms with E-state index in [1.54, 1.807) is 0 Å². The van der Waals surface area contributed by atoms with Crippen molar-refractivity contribution < 1.29 is 13.5 Å². The van der Waals surface area contributed by atoms with Crippen LogP contribution in [-0.2, 0) is 5.88 Å². The number of hydrogen-bond donors (Lipinski definition) is 0. The Bertz CT molecular complexity index is 331. The van der Waals surface area contributed by atoms with Crippen LogP contribution in [0.25, 0.3) is 0 Å². The van der Waals surface area contributed by atoms with Crippen molar-refractivity contribution in [2.45, 2.75) is 19.2 Å². The maximum Gasteiger partial charge on any atom is 0.269 e. The minimum absolute atomic E-state index is 0.107. The molecule has 0 bridgehead atoms. The quantitative estimate of drug-likeness (QED) is 0.732. The lowest BCUT2D eigenvalue weighted by Crippen LogP contribution is -2.01. The van der Waals surface area contributed by atoms with Gasteiger partial charge in [-0.05, 0) is 6.92 Å². The van der Waals surface area contributed by atoms with Crippen LogP contribution in [0.15, 0.2) is 6.20 Å². The SMILES string of the molecule is COc1c(CCl)cnc(C)c1C(F)F. The summed E-state index contributed by atoms with van der Waals surface area (Å²) >= 11 is 5.57. The third-order valence-electron chi connectivity index (χ3n) is 1.91. The molecule has 5 heteroatoms. The Balaban J connectivity index is 3.35. The first kappa shape index (κ1) is 11.2. The molecule has 1 aromatic heterocycles. The predicted molar refractivity (Wildman–Crippen MR) is 50.0 cm³/mol.